The maximum absolute atomic E-state index is 12.1. The molecule has 0 spiro atoms. The van der Waals surface area contributed by atoms with Crippen molar-refractivity contribution < 1.29 is 4.79 Å². The molecule has 0 bridgehead atoms. The molecule has 0 unspecified atom stereocenters. The van der Waals surface area contributed by atoms with E-state index in [-0.39, 0.29) is 5.91 Å². The Hall–Kier alpha value is -1.36. The average molecular weight is 363 g/mol. The number of piperidine rings is 1. The van der Waals surface area contributed by atoms with Crippen LogP contribution in [0.3, 0.4) is 0 Å². The van der Waals surface area contributed by atoms with E-state index in [1.807, 2.05) is 0 Å². The number of rotatable bonds is 3. The SMILES string of the molecule is CC1CCN(c2nc(N3CCCC3=O)nc(Cl)c2C2CCCC2)CC1. The maximum Gasteiger partial charge on any atom is 0.235 e. The zero-order valence-corrected chi connectivity index (χ0v) is 15.8. The normalized spacial score (nSPS) is 23.0. The average Bonchev–Trinajstić information content (AvgIpc) is 3.26. The Balaban J connectivity index is 1.73. The highest BCUT2D eigenvalue weighted by Crippen LogP contribution is 2.43. The number of anilines is 2. The van der Waals surface area contributed by atoms with E-state index >= 15 is 0 Å². The molecular weight excluding hydrogens is 336 g/mol. The molecule has 1 aliphatic carbocycles. The van der Waals surface area contributed by atoms with Gasteiger partial charge in [-0.25, -0.2) is 4.98 Å². The van der Waals surface area contributed by atoms with E-state index in [0.29, 0.717) is 30.0 Å². The predicted octanol–water partition coefficient (Wildman–Crippen LogP) is 4.15. The molecule has 0 radical (unpaired) electrons. The van der Waals surface area contributed by atoms with Crippen LogP contribution >= 0.6 is 11.6 Å². The van der Waals surface area contributed by atoms with Crippen LogP contribution in [0.15, 0.2) is 0 Å². The van der Waals surface area contributed by atoms with Gasteiger partial charge >= 0.3 is 0 Å². The molecule has 3 heterocycles. The minimum atomic E-state index is 0.114. The van der Waals surface area contributed by atoms with Gasteiger partial charge in [-0.15, -0.1) is 0 Å². The molecule has 2 saturated heterocycles. The zero-order chi connectivity index (χ0) is 17.4. The number of halogens is 1. The molecule has 1 amide bonds. The lowest BCUT2D eigenvalue weighted by Gasteiger charge is -2.34. The third-order valence-corrected chi connectivity index (χ3v) is 6.32. The summed E-state index contributed by atoms with van der Waals surface area (Å²) in [5.74, 6) is 2.84. The van der Waals surface area contributed by atoms with Gasteiger partial charge in [0.05, 0.1) is 0 Å². The van der Waals surface area contributed by atoms with E-state index in [1.54, 1.807) is 4.90 Å². The molecule has 136 valence electrons. The molecule has 3 fully saturated rings. The second-order valence-corrected chi connectivity index (χ2v) is 8.21. The van der Waals surface area contributed by atoms with Crippen LogP contribution in [0.5, 0.6) is 0 Å². The van der Waals surface area contributed by atoms with Gasteiger partial charge in [-0.1, -0.05) is 31.4 Å². The first-order valence-corrected chi connectivity index (χ1v) is 10.1. The molecular formula is C19H27ClN4O. The number of hydrogen-bond acceptors (Lipinski definition) is 4. The Morgan fingerprint density at radius 2 is 1.72 bits per heavy atom. The topological polar surface area (TPSA) is 49.3 Å². The number of amides is 1. The summed E-state index contributed by atoms with van der Waals surface area (Å²) in [6.45, 7) is 5.05. The quantitative estimate of drug-likeness (QED) is 0.758. The first-order chi connectivity index (χ1) is 12.1. The van der Waals surface area contributed by atoms with Crippen LogP contribution in [0.4, 0.5) is 11.8 Å². The minimum absolute atomic E-state index is 0.114. The molecule has 4 rings (SSSR count). The number of nitrogens with zero attached hydrogens (tertiary/aromatic N) is 4. The van der Waals surface area contributed by atoms with Crippen molar-refractivity contribution in [2.24, 2.45) is 5.92 Å². The summed E-state index contributed by atoms with van der Waals surface area (Å²) in [6.07, 6.45) is 8.67. The number of carbonyl (C=O) groups is 1. The van der Waals surface area contributed by atoms with E-state index in [0.717, 1.165) is 36.8 Å². The van der Waals surface area contributed by atoms with E-state index in [9.17, 15) is 4.79 Å². The van der Waals surface area contributed by atoms with Crippen molar-refractivity contribution in [3.05, 3.63) is 10.7 Å². The predicted molar refractivity (Wildman–Crippen MR) is 100 cm³/mol. The second-order valence-electron chi connectivity index (χ2n) is 7.85. The van der Waals surface area contributed by atoms with E-state index in [4.69, 9.17) is 16.6 Å². The Kier molecular flexibility index (Phi) is 4.85. The van der Waals surface area contributed by atoms with E-state index in [1.165, 1.54) is 38.5 Å². The van der Waals surface area contributed by atoms with Gasteiger partial charge < -0.3 is 4.90 Å². The van der Waals surface area contributed by atoms with Gasteiger partial charge in [-0.05, 0) is 43.9 Å². The maximum atomic E-state index is 12.1. The molecule has 3 aliphatic rings. The summed E-state index contributed by atoms with van der Waals surface area (Å²) < 4.78 is 0. The monoisotopic (exact) mass is 362 g/mol. The summed E-state index contributed by atoms with van der Waals surface area (Å²) >= 11 is 6.67. The highest BCUT2D eigenvalue weighted by atomic mass is 35.5. The van der Waals surface area contributed by atoms with Gasteiger partial charge in [0.25, 0.3) is 0 Å². The van der Waals surface area contributed by atoms with Crippen molar-refractivity contribution >= 4 is 29.3 Å². The van der Waals surface area contributed by atoms with Crippen LogP contribution in [-0.2, 0) is 4.79 Å². The zero-order valence-electron chi connectivity index (χ0n) is 15.0. The molecule has 2 aliphatic heterocycles. The van der Waals surface area contributed by atoms with E-state index in [2.05, 4.69) is 16.8 Å². The first kappa shape index (κ1) is 17.1. The minimum Gasteiger partial charge on any atom is -0.356 e. The smallest absolute Gasteiger partial charge is 0.235 e. The van der Waals surface area contributed by atoms with Gasteiger partial charge in [0.15, 0.2) is 0 Å². The van der Waals surface area contributed by atoms with Crippen LogP contribution < -0.4 is 9.80 Å². The molecule has 0 aromatic carbocycles. The summed E-state index contributed by atoms with van der Waals surface area (Å²) in [5.41, 5.74) is 1.13. The summed E-state index contributed by atoms with van der Waals surface area (Å²) in [7, 11) is 0. The Morgan fingerprint density at radius 1 is 1.00 bits per heavy atom. The van der Waals surface area contributed by atoms with Crippen molar-refractivity contribution in [3.8, 4) is 0 Å². The van der Waals surface area contributed by atoms with Crippen LogP contribution in [0, 0.1) is 5.92 Å². The first-order valence-electron chi connectivity index (χ1n) is 9.76. The van der Waals surface area contributed by atoms with Gasteiger partial charge in [-0.3, -0.25) is 9.69 Å². The molecule has 25 heavy (non-hydrogen) atoms. The molecule has 1 saturated carbocycles. The van der Waals surface area contributed by atoms with Crippen LogP contribution in [0.1, 0.15) is 69.8 Å². The third-order valence-electron chi connectivity index (χ3n) is 6.03. The van der Waals surface area contributed by atoms with Gasteiger partial charge in [-0.2, -0.15) is 4.98 Å². The second kappa shape index (κ2) is 7.10. The number of hydrogen-bond donors (Lipinski definition) is 0. The summed E-state index contributed by atoms with van der Waals surface area (Å²) in [6, 6.07) is 0. The number of aromatic nitrogens is 2. The molecule has 6 heteroatoms. The number of carbonyl (C=O) groups excluding carboxylic acids is 1. The molecule has 1 aromatic rings. The highest BCUT2D eigenvalue weighted by molar-refractivity contribution is 6.30. The highest BCUT2D eigenvalue weighted by Gasteiger charge is 2.32. The van der Waals surface area contributed by atoms with Gasteiger partial charge in [0.1, 0.15) is 11.0 Å². The third kappa shape index (κ3) is 3.35. The van der Waals surface area contributed by atoms with Crippen molar-refractivity contribution in [3.63, 3.8) is 0 Å². The summed E-state index contributed by atoms with van der Waals surface area (Å²) in [4.78, 5) is 25.7. The fourth-order valence-electron chi connectivity index (χ4n) is 4.43. The fraction of sp³-hybridized carbons (Fsp3) is 0.737. The molecule has 1 aromatic heterocycles. The van der Waals surface area contributed by atoms with Gasteiger partial charge in [0.2, 0.25) is 11.9 Å². The lowest BCUT2D eigenvalue weighted by molar-refractivity contribution is -0.117. The van der Waals surface area contributed by atoms with Crippen molar-refractivity contribution in [2.75, 3.05) is 29.4 Å². The Morgan fingerprint density at radius 3 is 2.36 bits per heavy atom. The molecule has 0 atom stereocenters. The summed E-state index contributed by atoms with van der Waals surface area (Å²) in [5, 5.41) is 0.560. The molecule has 0 N–H and O–H groups in total. The van der Waals surface area contributed by atoms with Gasteiger partial charge in [0, 0.05) is 31.6 Å². The van der Waals surface area contributed by atoms with Crippen LogP contribution in [0.2, 0.25) is 5.15 Å². The van der Waals surface area contributed by atoms with Crippen molar-refractivity contribution in [1.82, 2.24) is 9.97 Å². The molecule has 5 nitrogen and oxygen atoms in total. The fourth-order valence-corrected chi connectivity index (χ4v) is 4.74. The lowest BCUT2D eigenvalue weighted by atomic mass is 9.96. The van der Waals surface area contributed by atoms with Crippen LogP contribution in [0.25, 0.3) is 0 Å². The Labute approximate surface area is 154 Å². The standard InChI is InChI=1S/C19H27ClN4O/c1-13-8-11-23(12-9-13)18-16(14-5-2-3-6-14)17(20)21-19(22-18)24-10-4-7-15(24)25/h13-14H,2-12H2,1H3. The van der Waals surface area contributed by atoms with Crippen molar-refractivity contribution in [1.29, 1.82) is 0 Å². The largest absolute Gasteiger partial charge is 0.356 e. The van der Waals surface area contributed by atoms with Crippen molar-refractivity contribution in [2.45, 2.75) is 64.2 Å². The van der Waals surface area contributed by atoms with E-state index < -0.39 is 0 Å². The lowest BCUT2D eigenvalue weighted by Crippen LogP contribution is -2.35. The van der Waals surface area contributed by atoms with Crippen LogP contribution in [-0.4, -0.2) is 35.5 Å². The Bertz CT molecular complexity index is 651.